The smallest absolute Gasteiger partial charge is 0.316 e. The molecule has 1 fully saturated rings. The second-order valence-corrected chi connectivity index (χ2v) is 6.39. The molecule has 0 spiro atoms. The van der Waals surface area contributed by atoms with E-state index in [9.17, 15) is 0 Å². The first kappa shape index (κ1) is 15.9. The first-order valence-electron chi connectivity index (χ1n) is 8.50. The topological polar surface area (TPSA) is 81.3 Å². The number of hydrogen-bond donors (Lipinski definition) is 0. The predicted molar refractivity (Wildman–Crippen MR) is 91.4 cm³/mol. The predicted octanol–water partition coefficient (Wildman–Crippen LogP) is 1.61. The van der Waals surface area contributed by atoms with Gasteiger partial charge in [-0.1, -0.05) is 0 Å². The molecule has 0 N–H and O–H groups in total. The van der Waals surface area contributed by atoms with E-state index < -0.39 is 0 Å². The van der Waals surface area contributed by atoms with E-state index in [4.69, 9.17) is 4.74 Å². The van der Waals surface area contributed by atoms with Crippen molar-refractivity contribution >= 4 is 5.65 Å². The molecule has 0 amide bonds. The maximum atomic E-state index is 5.09. The van der Waals surface area contributed by atoms with E-state index in [1.165, 1.54) is 0 Å². The van der Waals surface area contributed by atoms with Gasteiger partial charge in [0.15, 0.2) is 11.5 Å². The number of rotatable bonds is 4. The molecule has 8 heteroatoms. The van der Waals surface area contributed by atoms with Crippen molar-refractivity contribution in [3.8, 4) is 6.01 Å². The van der Waals surface area contributed by atoms with Crippen LogP contribution in [-0.2, 0) is 6.54 Å². The van der Waals surface area contributed by atoms with Crippen molar-refractivity contribution in [1.29, 1.82) is 0 Å². The minimum Gasteiger partial charge on any atom is -0.467 e. The number of likely N-dealkylation sites (tertiary alicyclic amines) is 1. The summed E-state index contributed by atoms with van der Waals surface area (Å²) in [5, 5.41) is 13.2. The van der Waals surface area contributed by atoms with Crippen molar-refractivity contribution in [3.05, 3.63) is 41.6 Å². The molecule has 3 aromatic heterocycles. The molecule has 8 nitrogen and oxygen atoms in total. The highest BCUT2D eigenvalue weighted by Crippen LogP contribution is 2.27. The first-order valence-corrected chi connectivity index (χ1v) is 8.50. The Morgan fingerprint density at radius 2 is 2.00 bits per heavy atom. The normalized spacial score (nSPS) is 16.4. The van der Waals surface area contributed by atoms with Crippen LogP contribution in [-0.4, -0.2) is 54.9 Å². The number of nitrogens with zero attached hydrogens (tertiary/aromatic N) is 7. The lowest BCUT2D eigenvalue weighted by atomic mass is 9.96. The van der Waals surface area contributed by atoms with Crippen LogP contribution < -0.4 is 4.74 Å². The quantitative estimate of drug-likeness (QED) is 0.714. The molecule has 25 heavy (non-hydrogen) atoms. The summed E-state index contributed by atoms with van der Waals surface area (Å²) >= 11 is 0. The number of ether oxygens (including phenoxy) is 1. The molecule has 0 radical (unpaired) electrons. The SMILES string of the molecule is COc1nccc(CN2CCC(c3nnc4ccc(C)nn34)CC2)n1. The summed E-state index contributed by atoms with van der Waals surface area (Å²) in [4.78, 5) is 10.9. The summed E-state index contributed by atoms with van der Waals surface area (Å²) < 4.78 is 6.99. The Balaban J connectivity index is 1.43. The zero-order chi connectivity index (χ0) is 17.2. The Morgan fingerprint density at radius 3 is 2.80 bits per heavy atom. The number of fused-ring (bicyclic) bond motifs is 1. The molecule has 130 valence electrons. The summed E-state index contributed by atoms with van der Waals surface area (Å²) in [5.74, 6) is 1.36. The number of methoxy groups -OCH3 is 1. The third-order valence-electron chi connectivity index (χ3n) is 4.63. The summed E-state index contributed by atoms with van der Waals surface area (Å²) in [6.07, 6.45) is 3.82. The van der Waals surface area contributed by atoms with Gasteiger partial charge < -0.3 is 4.74 Å². The van der Waals surface area contributed by atoms with E-state index in [1.54, 1.807) is 13.3 Å². The lowest BCUT2D eigenvalue weighted by molar-refractivity contribution is 0.198. The Bertz CT molecular complexity index is 870. The van der Waals surface area contributed by atoms with Crippen molar-refractivity contribution in [2.24, 2.45) is 0 Å². The van der Waals surface area contributed by atoms with Crippen LogP contribution in [0.5, 0.6) is 6.01 Å². The van der Waals surface area contributed by atoms with Crippen LogP contribution in [0.1, 0.15) is 36.0 Å². The summed E-state index contributed by atoms with van der Waals surface area (Å²) in [7, 11) is 1.59. The van der Waals surface area contributed by atoms with E-state index in [2.05, 4.69) is 30.2 Å². The monoisotopic (exact) mass is 339 g/mol. The molecule has 0 bridgehead atoms. The van der Waals surface area contributed by atoms with Gasteiger partial charge in [-0.2, -0.15) is 14.6 Å². The van der Waals surface area contributed by atoms with Gasteiger partial charge in [-0.25, -0.2) is 4.98 Å². The van der Waals surface area contributed by atoms with Gasteiger partial charge in [0.25, 0.3) is 0 Å². The zero-order valence-electron chi connectivity index (χ0n) is 14.5. The van der Waals surface area contributed by atoms with Crippen LogP contribution in [0.2, 0.25) is 0 Å². The lowest BCUT2D eigenvalue weighted by Gasteiger charge is -2.30. The average molecular weight is 339 g/mol. The van der Waals surface area contributed by atoms with Crippen molar-refractivity contribution in [1.82, 2.24) is 34.7 Å². The lowest BCUT2D eigenvalue weighted by Crippen LogP contribution is -2.33. The van der Waals surface area contributed by atoms with Gasteiger partial charge in [0.2, 0.25) is 0 Å². The molecular weight excluding hydrogens is 318 g/mol. The van der Waals surface area contributed by atoms with E-state index in [0.29, 0.717) is 11.9 Å². The van der Waals surface area contributed by atoms with Crippen LogP contribution in [0.25, 0.3) is 5.65 Å². The molecule has 0 saturated carbocycles. The minimum atomic E-state index is 0.389. The fraction of sp³-hybridized carbons (Fsp3) is 0.471. The van der Waals surface area contributed by atoms with Gasteiger partial charge in [0.05, 0.1) is 18.5 Å². The van der Waals surface area contributed by atoms with Gasteiger partial charge in [-0.05, 0) is 51.1 Å². The third-order valence-corrected chi connectivity index (χ3v) is 4.63. The van der Waals surface area contributed by atoms with Gasteiger partial charge in [0.1, 0.15) is 0 Å². The second-order valence-electron chi connectivity index (χ2n) is 6.39. The maximum Gasteiger partial charge on any atom is 0.316 e. The molecule has 1 saturated heterocycles. The molecule has 1 aliphatic heterocycles. The molecule has 0 unspecified atom stereocenters. The van der Waals surface area contributed by atoms with Crippen LogP contribution in [0.4, 0.5) is 0 Å². The summed E-state index contributed by atoms with van der Waals surface area (Å²) in [6.45, 7) is 4.79. The van der Waals surface area contributed by atoms with Gasteiger partial charge in [-0.3, -0.25) is 4.90 Å². The highest BCUT2D eigenvalue weighted by Gasteiger charge is 2.25. The number of hydrogen-bond acceptors (Lipinski definition) is 7. The molecule has 0 atom stereocenters. The highest BCUT2D eigenvalue weighted by molar-refractivity contribution is 5.36. The van der Waals surface area contributed by atoms with E-state index in [-0.39, 0.29) is 0 Å². The number of piperidine rings is 1. The van der Waals surface area contributed by atoms with Crippen LogP contribution in [0.15, 0.2) is 24.4 Å². The van der Waals surface area contributed by atoms with Crippen molar-refractivity contribution in [2.75, 3.05) is 20.2 Å². The van der Waals surface area contributed by atoms with E-state index >= 15 is 0 Å². The second kappa shape index (κ2) is 6.72. The fourth-order valence-electron chi connectivity index (χ4n) is 3.29. The van der Waals surface area contributed by atoms with Crippen LogP contribution >= 0.6 is 0 Å². The Hall–Kier alpha value is -2.61. The number of aromatic nitrogens is 6. The average Bonchev–Trinajstić information content (AvgIpc) is 3.05. The van der Waals surface area contributed by atoms with E-state index in [1.807, 2.05) is 29.6 Å². The molecular formula is C17H21N7O. The summed E-state index contributed by atoms with van der Waals surface area (Å²) in [6, 6.07) is 6.29. The van der Waals surface area contributed by atoms with Gasteiger partial charge in [0, 0.05) is 18.7 Å². The maximum absolute atomic E-state index is 5.09. The molecule has 1 aliphatic rings. The fourth-order valence-corrected chi connectivity index (χ4v) is 3.29. The number of aryl methyl sites for hydroxylation is 1. The van der Waals surface area contributed by atoms with Gasteiger partial charge in [-0.15, -0.1) is 10.2 Å². The third kappa shape index (κ3) is 3.30. The van der Waals surface area contributed by atoms with Gasteiger partial charge >= 0.3 is 6.01 Å². The largest absolute Gasteiger partial charge is 0.467 e. The Kier molecular flexibility index (Phi) is 4.27. The zero-order valence-corrected chi connectivity index (χ0v) is 14.5. The Labute approximate surface area is 145 Å². The molecule has 4 rings (SSSR count). The molecule has 3 aromatic rings. The van der Waals surface area contributed by atoms with E-state index in [0.717, 1.165) is 55.3 Å². The van der Waals surface area contributed by atoms with Crippen molar-refractivity contribution in [3.63, 3.8) is 0 Å². The van der Waals surface area contributed by atoms with Crippen LogP contribution in [0, 0.1) is 6.92 Å². The standard InChI is InChI=1S/C17H21N7O/c1-12-3-4-15-20-21-16(24(15)22-12)13-6-9-23(10-7-13)11-14-5-8-18-17(19-14)25-2/h3-5,8,13H,6-7,9-11H2,1-2H3. The van der Waals surface area contributed by atoms with Crippen molar-refractivity contribution < 1.29 is 4.74 Å². The minimum absolute atomic E-state index is 0.389. The first-order chi connectivity index (χ1) is 12.2. The molecule has 0 aromatic carbocycles. The van der Waals surface area contributed by atoms with Crippen LogP contribution in [0.3, 0.4) is 0 Å². The van der Waals surface area contributed by atoms with Crippen molar-refractivity contribution in [2.45, 2.75) is 32.2 Å². The molecule has 0 aliphatic carbocycles. The summed E-state index contributed by atoms with van der Waals surface area (Å²) in [5.41, 5.74) is 2.77. The Morgan fingerprint density at radius 1 is 1.16 bits per heavy atom. The highest BCUT2D eigenvalue weighted by atomic mass is 16.5. The molecule has 4 heterocycles.